The zero-order chi connectivity index (χ0) is 21.6. The molecular formula is C23H33FN4O2. The Labute approximate surface area is 178 Å². The zero-order valence-corrected chi connectivity index (χ0v) is 18.0. The second-order valence-corrected chi connectivity index (χ2v) is 8.55. The molecule has 0 unspecified atom stereocenters. The molecular weight excluding hydrogens is 383 g/mol. The highest BCUT2D eigenvalue weighted by Crippen LogP contribution is 2.25. The number of aromatic nitrogens is 2. The van der Waals surface area contributed by atoms with Crippen molar-refractivity contribution in [3.63, 3.8) is 0 Å². The van der Waals surface area contributed by atoms with E-state index in [-0.39, 0.29) is 11.7 Å². The van der Waals surface area contributed by atoms with Gasteiger partial charge in [-0.25, -0.2) is 4.39 Å². The van der Waals surface area contributed by atoms with Crippen LogP contribution in [0.25, 0.3) is 0 Å². The van der Waals surface area contributed by atoms with Crippen molar-refractivity contribution in [1.82, 2.24) is 20.0 Å². The molecule has 0 radical (unpaired) electrons. The van der Waals surface area contributed by atoms with Crippen molar-refractivity contribution in [2.75, 3.05) is 26.7 Å². The van der Waals surface area contributed by atoms with Gasteiger partial charge in [0.05, 0.1) is 5.60 Å². The van der Waals surface area contributed by atoms with Crippen LogP contribution in [0.3, 0.4) is 0 Å². The third kappa shape index (κ3) is 6.12. The van der Waals surface area contributed by atoms with Crippen LogP contribution in [0.2, 0.25) is 0 Å². The Balaban J connectivity index is 1.54. The maximum absolute atomic E-state index is 13.1. The van der Waals surface area contributed by atoms with E-state index in [9.17, 15) is 14.3 Å². The highest BCUT2D eigenvalue weighted by atomic mass is 19.1. The van der Waals surface area contributed by atoms with Crippen LogP contribution in [-0.2, 0) is 13.0 Å². The van der Waals surface area contributed by atoms with E-state index in [4.69, 9.17) is 0 Å². The first-order chi connectivity index (χ1) is 14.4. The molecule has 0 spiro atoms. The Morgan fingerprint density at radius 1 is 1.30 bits per heavy atom. The Bertz CT molecular complexity index is 823. The molecule has 0 bridgehead atoms. The molecule has 30 heavy (non-hydrogen) atoms. The SMILES string of the molecule is CCCCc1cc(C(=O)N2CCC[C@@](O)(CN(C)Cc3ccc(F)cc3)CC2)n[nH]1. The number of benzene rings is 1. The first-order valence-electron chi connectivity index (χ1n) is 10.9. The third-order valence-corrected chi connectivity index (χ3v) is 5.78. The number of nitrogens with one attached hydrogen (secondary N) is 1. The van der Waals surface area contributed by atoms with E-state index in [1.807, 2.05) is 13.1 Å². The minimum atomic E-state index is -0.846. The molecule has 0 aliphatic carbocycles. The zero-order valence-electron chi connectivity index (χ0n) is 18.0. The number of carbonyl (C=O) groups excluding carboxylic acids is 1. The minimum Gasteiger partial charge on any atom is -0.388 e. The van der Waals surface area contributed by atoms with Crippen molar-refractivity contribution < 1.29 is 14.3 Å². The summed E-state index contributed by atoms with van der Waals surface area (Å²) in [6.07, 6.45) is 4.99. The fourth-order valence-electron chi connectivity index (χ4n) is 4.13. The van der Waals surface area contributed by atoms with Crippen LogP contribution in [0.5, 0.6) is 0 Å². The predicted molar refractivity (Wildman–Crippen MR) is 115 cm³/mol. The molecule has 1 atom stereocenters. The normalized spacial score (nSPS) is 19.8. The van der Waals surface area contributed by atoms with Crippen LogP contribution in [-0.4, -0.2) is 63.3 Å². The first kappa shape index (κ1) is 22.4. The molecule has 1 aromatic heterocycles. The highest BCUT2D eigenvalue weighted by Gasteiger charge is 2.33. The van der Waals surface area contributed by atoms with Gasteiger partial charge in [-0.15, -0.1) is 0 Å². The number of likely N-dealkylation sites (tertiary alicyclic amines) is 1. The molecule has 1 fully saturated rings. The van der Waals surface area contributed by atoms with Gasteiger partial charge in [-0.3, -0.25) is 14.8 Å². The van der Waals surface area contributed by atoms with Crippen LogP contribution in [0.15, 0.2) is 30.3 Å². The van der Waals surface area contributed by atoms with E-state index in [1.165, 1.54) is 12.1 Å². The van der Waals surface area contributed by atoms with Gasteiger partial charge in [0.2, 0.25) is 0 Å². The number of hydrogen-bond acceptors (Lipinski definition) is 4. The number of likely N-dealkylation sites (N-methyl/N-ethyl adjacent to an activating group) is 1. The number of amides is 1. The summed E-state index contributed by atoms with van der Waals surface area (Å²) < 4.78 is 13.1. The fraction of sp³-hybridized carbons (Fsp3) is 0.565. The van der Waals surface area contributed by atoms with E-state index >= 15 is 0 Å². The van der Waals surface area contributed by atoms with Gasteiger partial charge in [-0.1, -0.05) is 25.5 Å². The molecule has 1 aliphatic heterocycles. The Morgan fingerprint density at radius 2 is 2.07 bits per heavy atom. The van der Waals surface area contributed by atoms with Gasteiger partial charge >= 0.3 is 0 Å². The fourth-order valence-corrected chi connectivity index (χ4v) is 4.13. The van der Waals surface area contributed by atoms with E-state index in [1.54, 1.807) is 17.0 Å². The second kappa shape index (κ2) is 10.2. The van der Waals surface area contributed by atoms with E-state index in [0.29, 0.717) is 44.7 Å². The number of carbonyl (C=O) groups is 1. The van der Waals surface area contributed by atoms with Gasteiger partial charge < -0.3 is 10.0 Å². The summed E-state index contributed by atoms with van der Waals surface area (Å²) in [5.74, 6) is -0.319. The summed E-state index contributed by atoms with van der Waals surface area (Å²) in [6.45, 7) is 4.42. The summed E-state index contributed by atoms with van der Waals surface area (Å²) in [5.41, 5.74) is 1.61. The smallest absolute Gasteiger partial charge is 0.274 e. The van der Waals surface area contributed by atoms with Gasteiger partial charge in [-0.05, 0) is 62.9 Å². The number of unbranched alkanes of at least 4 members (excludes halogenated alkanes) is 1. The number of hydrogen-bond donors (Lipinski definition) is 2. The molecule has 164 valence electrons. The number of rotatable bonds is 8. The van der Waals surface area contributed by atoms with Gasteiger partial charge in [0.15, 0.2) is 0 Å². The van der Waals surface area contributed by atoms with Gasteiger partial charge in [0.25, 0.3) is 5.91 Å². The topological polar surface area (TPSA) is 72.5 Å². The maximum Gasteiger partial charge on any atom is 0.274 e. The van der Waals surface area contributed by atoms with Crippen LogP contribution in [0, 0.1) is 5.82 Å². The summed E-state index contributed by atoms with van der Waals surface area (Å²) in [7, 11) is 1.96. The Kier molecular flexibility index (Phi) is 7.61. The summed E-state index contributed by atoms with van der Waals surface area (Å²) in [4.78, 5) is 16.7. The molecule has 1 amide bonds. The number of aromatic amines is 1. The quantitative estimate of drug-likeness (QED) is 0.692. The molecule has 2 N–H and O–H groups in total. The van der Waals surface area contributed by atoms with E-state index in [0.717, 1.165) is 36.9 Å². The molecule has 2 heterocycles. The maximum atomic E-state index is 13.1. The molecule has 0 saturated carbocycles. The highest BCUT2D eigenvalue weighted by molar-refractivity contribution is 5.92. The number of halogens is 1. The van der Waals surface area contributed by atoms with Crippen molar-refractivity contribution in [2.45, 2.75) is 57.6 Å². The van der Waals surface area contributed by atoms with Gasteiger partial charge in [0.1, 0.15) is 11.5 Å². The summed E-state index contributed by atoms with van der Waals surface area (Å²) >= 11 is 0. The molecule has 6 nitrogen and oxygen atoms in total. The molecule has 7 heteroatoms. The van der Waals surface area contributed by atoms with E-state index < -0.39 is 5.60 Å². The van der Waals surface area contributed by atoms with Crippen LogP contribution >= 0.6 is 0 Å². The lowest BCUT2D eigenvalue weighted by atomic mass is 9.94. The summed E-state index contributed by atoms with van der Waals surface area (Å²) in [6, 6.07) is 8.29. The van der Waals surface area contributed by atoms with Crippen LogP contribution in [0.1, 0.15) is 60.8 Å². The number of H-pyrrole nitrogens is 1. The number of nitrogens with zero attached hydrogens (tertiary/aromatic N) is 3. The molecule has 2 aromatic rings. The van der Waals surface area contributed by atoms with Gasteiger partial charge in [0, 0.05) is 31.9 Å². The molecule has 3 rings (SSSR count). The first-order valence-corrected chi connectivity index (χ1v) is 10.9. The van der Waals surface area contributed by atoms with E-state index in [2.05, 4.69) is 22.0 Å². The van der Waals surface area contributed by atoms with Crippen LogP contribution < -0.4 is 0 Å². The largest absolute Gasteiger partial charge is 0.388 e. The lowest BCUT2D eigenvalue weighted by Crippen LogP contribution is -2.42. The Morgan fingerprint density at radius 3 is 2.80 bits per heavy atom. The lowest BCUT2D eigenvalue weighted by molar-refractivity contribution is -0.00402. The monoisotopic (exact) mass is 416 g/mol. The molecule has 1 aliphatic rings. The average molecular weight is 417 g/mol. The van der Waals surface area contributed by atoms with Crippen molar-refractivity contribution in [1.29, 1.82) is 0 Å². The number of aliphatic hydroxyl groups is 1. The minimum absolute atomic E-state index is 0.0714. The summed E-state index contributed by atoms with van der Waals surface area (Å²) in [5, 5.41) is 18.3. The van der Waals surface area contributed by atoms with Crippen molar-refractivity contribution in [3.05, 3.63) is 53.1 Å². The Hall–Kier alpha value is -2.25. The predicted octanol–water partition coefficient (Wildman–Crippen LogP) is 3.38. The standard InChI is InChI=1S/C23H33FN4O2/c1-3-4-6-20-15-21(26-25-20)22(29)28-13-5-11-23(30,12-14-28)17-27(2)16-18-7-9-19(24)10-8-18/h7-10,15,30H,3-6,11-14,16-17H2,1-2H3,(H,25,26)/t23-/m0/s1. The van der Waals surface area contributed by atoms with Gasteiger partial charge in [-0.2, -0.15) is 5.10 Å². The number of aryl methyl sites for hydroxylation is 1. The van der Waals surface area contributed by atoms with Crippen molar-refractivity contribution >= 4 is 5.91 Å². The molecule has 1 aromatic carbocycles. The molecule has 1 saturated heterocycles. The lowest BCUT2D eigenvalue weighted by Gasteiger charge is -2.31. The van der Waals surface area contributed by atoms with Crippen molar-refractivity contribution in [3.8, 4) is 0 Å². The average Bonchev–Trinajstić information content (AvgIpc) is 3.10. The van der Waals surface area contributed by atoms with Crippen molar-refractivity contribution in [2.24, 2.45) is 0 Å². The van der Waals surface area contributed by atoms with Crippen LogP contribution in [0.4, 0.5) is 4.39 Å². The third-order valence-electron chi connectivity index (χ3n) is 5.78. The second-order valence-electron chi connectivity index (χ2n) is 8.55.